The van der Waals surface area contributed by atoms with Gasteiger partial charge >= 0.3 is 5.97 Å². The maximum Gasteiger partial charge on any atom is 0.326 e. The Morgan fingerprint density at radius 3 is 2.17 bits per heavy atom. The standard InChI is InChI=1S/C28H35N5O6S/c1-15(2)24(33-25(35)20(29)12-17-13-30-21-6-4-3-5-19(17)21)27(37)32-23(14-40)26(36)31-22(28(38)39)11-16-7-9-18(34)10-8-16/h3-10,13,15,20,22-24,30,34,40H,11-12,14,29H2,1-2H3,(H,31,36)(H,32,37)(H,33,35)(H,38,39). The second kappa shape index (κ2) is 13.9. The molecule has 4 unspecified atom stereocenters. The highest BCUT2D eigenvalue weighted by atomic mass is 32.1. The first-order chi connectivity index (χ1) is 19.0. The van der Waals surface area contributed by atoms with Crippen molar-refractivity contribution in [2.45, 2.75) is 50.9 Å². The summed E-state index contributed by atoms with van der Waals surface area (Å²) < 4.78 is 0. The molecule has 0 saturated heterocycles. The van der Waals surface area contributed by atoms with Gasteiger partial charge in [0.2, 0.25) is 17.7 Å². The Hall–Kier alpha value is -4.03. The Labute approximate surface area is 237 Å². The van der Waals surface area contributed by atoms with Gasteiger partial charge in [0.1, 0.15) is 23.9 Å². The van der Waals surface area contributed by atoms with E-state index in [4.69, 9.17) is 5.73 Å². The van der Waals surface area contributed by atoms with Gasteiger partial charge < -0.3 is 36.9 Å². The lowest BCUT2D eigenvalue weighted by Gasteiger charge is -2.26. The lowest BCUT2D eigenvalue weighted by atomic mass is 10.0. The minimum Gasteiger partial charge on any atom is -0.508 e. The van der Waals surface area contributed by atoms with Crippen LogP contribution in [0.2, 0.25) is 0 Å². The lowest BCUT2D eigenvalue weighted by molar-refractivity contribution is -0.142. The van der Waals surface area contributed by atoms with E-state index in [-0.39, 0.29) is 30.3 Å². The Balaban J connectivity index is 1.62. The largest absolute Gasteiger partial charge is 0.508 e. The quantitative estimate of drug-likeness (QED) is 0.142. The van der Waals surface area contributed by atoms with Gasteiger partial charge in [0.15, 0.2) is 0 Å². The number of para-hydroxylation sites is 1. The minimum atomic E-state index is -1.28. The van der Waals surface area contributed by atoms with Crippen LogP contribution in [0.15, 0.2) is 54.7 Å². The maximum atomic E-state index is 13.1. The summed E-state index contributed by atoms with van der Waals surface area (Å²) in [5.41, 5.74) is 8.56. The fourth-order valence-electron chi connectivity index (χ4n) is 4.22. The number of phenols is 1. The number of rotatable bonds is 13. The highest BCUT2D eigenvalue weighted by molar-refractivity contribution is 7.80. The predicted molar refractivity (Wildman–Crippen MR) is 154 cm³/mol. The number of carboxylic acid groups (broad SMARTS) is 1. The minimum absolute atomic E-state index is 0.0308. The third kappa shape index (κ3) is 7.99. The molecule has 8 N–H and O–H groups in total. The number of amides is 3. The number of H-pyrrole nitrogens is 1. The zero-order chi connectivity index (χ0) is 29.4. The van der Waals surface area contributed by atoms with Crippen LogP contribution in [0.25, 0.3) is 10.9 Å². The van der Waals surface area contributed by atoms with E-state index in [1.165, 1.54) is 12.1 Å². The average molecular weight is 570 g/mol. The number of carboxylic acids is 1. The van der Waals surface area contributed by atoms with Crippen LogP contribution in [0.1, 0.15) is 25.0 Å². The highest BCUT2D eigenvalue weighted by Crippen LogP contribution is 2.19. The molecule has 2 aromatic carbocycles. The van der Waals surface area contributed by atoms with Crippen molar-refractivity contribution in [1.29, 1.82) is 0 Å². The molecule has 0 aliphatic carbocycles. The Morgan fingerprint density at radius 1 is 0.900 bits per heavy atom. The van der Waals surface area contributed by atoms with Gasteiger partial charge in [-0.1, -0.05) is 44.2 Å². The molecule has 0 radical (unpaired) electrons. The molecule has 11 nitrogen and oxygen atoms in total. The molecule has 1 heterocycles. The maximum absolute atomic E-state index is 13.1. The molecule has 0 aliphatic rings. The van der Waals surface area contributed by atoms with E-state index in [9.17, 15) is 29.4 Å². The normalized spacial score (nSPS) is 14.2. The number of benzene rings is 2. The van der Waals surface area contributed by atoms with Crippen molar-refractivity contribution in [3.63, 3.8) is 0 Å². The van der Waals surface area contributed by atoms with Crippen molar-refractivity contribution in [1.82, 2.24) is 20.9 Å². The number of hydrogen-bond donors (Lipinski definition) is 8. The molecule has 40 heavy (non-hydrogen) atoms. The zero-order valence-corrected chi connectivity index (χ0v) is 23.2. The number of carbonyl (C=O) groups excluding carboxylic acids is 3. The van der Waals surface area contributed by atoms with E-state index >= 15 is 0 Å². The molecule has 1 aromatic heterocycles. The summed E-state index contributed by atoms with van der Waals surface area (Å²) in [5.74, 6) is -3.56. The van der Waals surface area contributed by atoms with Crippen LogP contribution < -0.4 is 21.7 Å². The first-order valence-electron chi connectivity index (χ1n) is 12.8. The fraction of sp³-hybridized carbons (Fsp3) is 0.357. The molecule has 0 aliphatic heterocycles. The van der Waals surface area contributed by atoms with Gasteiger partial charge in [-0.15, -0.1) is 0 Å². The number of aliphatic carboxylic acids is 1. The van der Waals surface area contributed by atoms with E-state index in [1.807, 2.05) is 24.3 Å². The summed E-state index contributed by atoms with van der Waals surface area (Å²) in [5, 5.41) is 27.7. The van der Waals surface area contributed by atoms with Crippen molar-refractivity contribution in [3.8, 4) is 5.75 Å². The Kier molecular flexibility index (Phi) is 10.6. The Bertz CT molecular complexity index is 1340. The van der Waals surface area contributed by atoms with Crippen molar-refractivity contribution >= 4 is 47.2 Å². The van der Waals surface area contributed by atoms with Gasteiger partial charge in [0, 0.05) is 29.3 Å². The summed E-state index contributed by atoms with van der Waals surface area (Å²) in [4.78, 5) is 53.9. The van der Waals surface area contributed by atoms with Gasteiger partial charge in [0.25, 0.3) is 0 Å². The number of nitrogens with two attached hydrogens (primary N) is 1. The number of hydrogen-bond acceptors (Lipinski definition) is 7. The molecular weight excluding hydrogens is 534 g/mol. The van der Waals surface area contributed by atoms with E-state index in [0.717, 1.165) is 16.5 Å². The lowest BCUT2D eigenvalue weighted by Crippen LogP contribution is -2.59. The molecule has 0 bridgehead atoms. The number of carbonyl (C=O) groups is 4. The van der Waals surface area contributed by atoms with Crippen LogP contribution in [0, 0.1) is 5.92 Å². The van der Waals surface area contributed by atoms with Crippen LogP contribution >= 0.6 is 12.6 Å². The summed E-state index contributed by atoms with van der Waals surface area (Å²) in [7, 11) is 0. The third-order valence-electron chi connectivity index (χ3n) is 6.50. The zero-order valence-electron chi connectivity index (χ0n) is 22.3. The number of aromatic amines is 1. The first kappa shape index (κ1) is 30.5. The number of fused-ring (bicyclic) bond motifs is 1. The summed E-state index contributed by atoms with van der Waals surface area (Å²) in [6.07, 6.45) is 2.02. The molecular formula is C28H35N5O6S. The van der Waals surface area contributed by atoms with Crippen LogP contribution in [-0.4, -0.2) is 68.8 Å². The molecule has 3 rings (SSSR count). The predicted octanol–water partition coefficient (Wildman–Crippen LogP) is 1.11. The van der Waals surface area contributed by atoms with Gasteiger partial charge in [-0.05, 0) is 41.7 Å². The van der Waals surface area contributed by atoms with Gasteiger partial charge in [-0.2, -0.15) is 12.6 Å². The monoisotopic (exact) mass is 569 g/mol. The first-order valence-corrected chi connectivity index (χ1v) is 13.5. The summed E-state index contributed by atoms with van der Waals surface area (Å²) >= 11 is 4.15. The van der Waals surface area contributed by atoms with Gasteiger partial charge in [-0.25, -0.2) is 4.79 Å². The van der Waals surface area contributed by atoms with Gasteiger partial charge in [-0.3, -0.25) is 14.4 Å². The van der Waals surface area contributed by atoms with Crippen LogP contribution in [-0.2, 0) is 32.0 Å². The fourth-order valence-corrected chi connectivity index (χ4v) is 4.48. The molecule has 3 aromatic rings. The topological polar surface area (TPSA) is 187 Å². The SMILES string of the molecule is CC(C)C(NC(=O)C(N)Cc1c[nH]c2ccccc12)C(=O)NC(CS)C(=O)NC(Cc1ccc(O)cc1)C(=O)O. The van der Waals surface area contributed by atoms with E-state index in [1.54, 1.807) is 32.2 Å². The Morgan fingerprint density at radius 2 is 1.55 bits per heavy atom. The molecule has 3 amide bonds. The number of thiol groups is 1. The number of aromatic hydroxyl groups is 1. The van der Waals surface area contributed by atoms with Crippen molar-refractivity contribution in [2.24, 2.45) is 11.7 Å². The molecule has 0 fully saturated rings. The molecule has 214 valence electrons. The van der Waals surface area contributed by atoms with Crippen molar-refractivity contribution < 1.29 is 29.4 Å². The summed E-state index contributed by atoms with van der Waals surface area (Å²) in [6, 6.07) is 9.22. The van der Waals surface area contributed by atoms with Crippen LogP contribution in [0.3, 0.4) is 0 Å². The van der Waals surface area contributed by atoms with Crippen molar-refractivity contribution in [3.05, 3.63) is 65.9 Å². The molecule has 0 saturated carbocycles. The second-order valence-electron chi connectivity index (χ2n) is 9.91. The van der Waals surface area contributed by atoms with E-state index in [0.29, 0.717) is 5.56 Å². The van der Waals surface area contributed by atoms with E-state index in [2.05, 4.69) is 33.6 Å². The highest BCUT2D eigenvalue weighted by Gasteiger charge is 2.31. The van der Waals surface area contributed by atoms with Gasteiger partial charge in [0.05, 0.1) is 6.04 Å². The number of nitrogens with one attached hydrogen (secondary N) is 4. The summed E-state index contributed by atoms with van der Waals surface area (Å²) in [6.45, 7) is 3.48. The van der Waals surface area contributed by atoms with Crippen molar-refractivity contribution in [2.75, 3.05) is 5.75 Å². The molecule has 4 atom stereocenters. The number of phenolic OH excluding ortho intramolecular Hbond substituents is 1. The second-order valence-corrected chi connectivity index (χ2v) is 10.3. The average Bonchev–Trinajstić information content (AvgIpc) is 3.33. The third-order valence-corrected chi connectivity index (χ3v) is 6.87. The van der Waals surface area contributed by atoms with Crippen LogP contribution in [0.5, 0.6) is 5.75 Å². The molecule has 0 spiro atoms. The number of aromatic nitrogens is 1. The smallest absolute Gasteiger partial charge is 0.326 e. The molecule has 12 heteroatoms. The van der Waals surface area contributed by atoms with E-state index < -0.39 is 47.9 Å². The van der Waals surface area contributed by atoms with Crippen LogP contribution in [0.4, 0.5) is 0 Å².